The number of benzene rings is 2. The van der Waals surface area contributed by atoms with Gasteiger partial charge in [-0.15, -0.1) is 0 Å². The van der Waals surface area contributed by atoms with Crippen LogP contribution < -0.4 is 4.90 Å². The van der Waals surface area contributed by atoms with Crippen LogP contribution in [0.5, 0.6) is 0 Å². The van der Waals surface area contributed by atoms with Gasteiger partial charge in [0.05, 0.1) is 17.9 Å². The third kappa shape index (κ3) is 2.94. The Hall–Kier alpha value is -2.92. The van der Waals surface area contributed by atoms with E-state index in [1.807, 2.05) is 49.4 Å². The minimum absolute atomic E-state index is 0.103. The molecule has 25 heavy (non-hydrogen) atoms. The predicted molar refractivity (Wildman–Crippen MR) is 96.7 cm³/mol. The number of nitrogens with zero attached hydrogens (tertiary/aromatic N) is 2. The third-order valence-electron chi connectivity index (χ3n) is 4.30. The van der Waals surface area contributed by atoms with Gasteiger partial charge in [-0.2, -0.15) is 0 Å². The van der Waals surface area contributed by atoms with Gasteiger partial charge in [0.15, 0.2) is 0 Å². The van der Waals surface area contributed by atoms with Crippen molar-refractivity contribution in [2.75, 3.05) is 25.1 Å². The van der Waals surface area contributed by atoms with Crippen LogP contribution in [0.4, 0.5) is 5.69 Å². The molecule has 5 nitrogen and oxygen atoms in total. The van der Waals surface area contributed by atoms with E-state index in [9.17, 15) is 14.7 Å². The largest absolute Gasteiger partial charge is 0.395 e. The molecule has 3 rings (SSSR count). The maximum absolute atomic E-state index is 13.1. The average Bonchev–Trinajstić information content (AvgIpc) is 2.87. The van der Waals surface area contributed by atoms with E-state index in [4.69, 9.17) is 0 Å². The molecule has 0 spiro atoms. The lowest BCUT2D eigenvalue weighted by atomic mass is 10.0. The minimum atomic E-state index is -0.367. The zero-order valence-electron chi connectivity index (χ0n) is 14.3. The van der Waals surface area contributed by atoms with E-state index in [0.29, 0.717) is 22.5 Å². The Balaban J connectivity index is 2.15. The van der Waals surface area contributed by atoms with E-state index in [-0.39, 0.29) is 25.0 Å². The van der Waals surface area contributed by atoms with Crippen molar-refractivity contribution < 1.29 is 14.7 Å². The van der Waals surface area contributed by atoms with Gasteiger partial charge in [-0.25, -0.2) is 4.90 Å². The first-order valence-electron chi connectivity index (χ1n) is 8.12. The minimum Gasteiger partial charge on any atom is -0.395 e. The molecule has 0 unspecified atom stereocenters. The topological polar surface area (TPSA) is 60.9 Å². The number of likely N-dealkylation sites (N-methyl/N-ethyl adjacent to an activating group) is 1. The fourth-order valence-corrected chi connectivity index (χ4v) is 3.03. The Morgan fingerprint density at radius 3 is 2.24 bits per heavy atom. The summed E-state index contributed by atoms with van der Waals surface area (Å²) in [6.45, 7) is 2.04. The summed E-state index contributed by atoms with van der Waals surface area (Å²) < 4.78 is 0. The first kappa shape index (κ1) is 16.9. The highest BCUT2D eigenvalue weighted by Crippen LogP contribution is 2.35. The molecular formula is C20H20N2O3. The van der Waals surface area contributed by atoms with Crippen LogP contribution in [0.3, 0.4) is 0 Å². The first-order valence-corrected chi connectivity index (χ1v) is 8.12. The molecule has 2 aromatic carbocycles. The van der Waals surface area contributed by atoms with Crippen LogP contribution in [0, 0.1) is 6.92 Å². The summed E-state index contributed by atoms with van der Waals surface area (Å²) in [5.41, 5.74) is 2.80. The van der Waals surface area contributed by atoms with Gasteiger partial charge < -0.3 is 10.0 Å². The van der Waals surface area contributed by atoms with Gasteiger partial charge in [0, 0.05) is 13.6 Å². The van der Waals surface area contributed by atoms with Crippen molar-refractivity contribution >= 4 is 23.1 Å². The van der Waals surface area contributed by atoms with Crippen molar-refractivity contribution in [1.82, 2.24) is 4.90 Å². The van der Waals surface area contributed by atoms with Crippen LogP contribution >= 0.6 is 0 Å². The van der Waals surface area contributed by atoms with Crippen LogP contribution in [0.15, 0.2) is 60.3 Å². The van der Waals surface area contributed by atoms with Gasteiger partial charge in [-0.3, -0.25) is 9.59 Å². The Kier molecular flexibility index (Phi) is 4.67. The normalized spacial score (nSPS) is 14.4. The van der Waals surface area contributed by atoms with Gasteiger partial charge in [0.25, 0.3) is 11.8 Å². The molecule has 5 heteroatoms. The molecule has 1 aliphatic rings. The molecule has 128 valence electrons. The lowest BCUT2D eigenvalue weighted by Gasteiger charge is -2.21. The Labute approximate surface area is 146 Å². The summed E-state index contributed by atoms with van der Waals surface area (Å²) in [5, 5.41) is 9.26. The number of anilines is 1. The maximum Gasteiger partial charge on any atom is 0.282 e. The predicted octanol–water partition coefficient (Wildman–Crippen LogP) is 2.20. The van der Waals surface area contributed by atoms with E-state index >= 15 is 0 Å². The maximum atomic E-state index is 13.1. The second-order valence-electron chi connectivity index (χ2n) is 5.97. The Morgan fingerprint density at radius 2 is 1.60 bits per heavy atom. The summed E-state index contributed by atoms with van der Waals surface area (Å²) in [4.78, 5) is 29.1. The molecule has 0 atom stereocenters. The summed E-state index contributed by atoms with van der Waals surface area (Å²) in [5.74, 6) is -0.709. The fourth-order valence-electron chi connectivity index (χ4n) is 3.03. The number of para-hydroxylation sites is 1. The van der Waals surface area contributed by atoms with E-state index in [2.05, 4.69) is 0 Å². The summed E-state index contributed by atoms with van der Waals surface area (Å²) >= 11 is 0. The van der Waals surface area contributed by atoms with Crippen LogP contribution in [0.1, 0.15) is 11.1 Å². The molecular weight excluding hydrogens is 316 g/mol. The first-order chi connectivity index (χ1) is 12.1. The molecule has 2 amide bonds. The van der Waals surface area contributed by atoms with Gasteiger partial charge in [0.2, 0.25) is 0 Å². The van der Waals surface area contributed by atoms with Crippen LogP contribution in [-0.4, -0.2) is 42.0 Å². The number of hydrogen-bond donors (Lipinski definition) is 1. The second-order valence-corrected chi connectivity index (χ2v) is 5.97. The molecule has 0 saturated carbocycles. The molecule has 2 aromatic rings. The molecule has 0 fully saturated rings. The smallest absolute Gasteiger partial charge is 0.282 e. The summed E-state index contributed by atoms with van der Waals surface area (Å²) in [6.07, 6.45) is 0. The molecule has 1 heterocycles. The van der Waals surface area contributed by atoms with Crippen molar-refractivity contribution in [3.63, 3.8) is 0 Å². The number of carbonyl (C=O) groups is 2. The number of aliphatic hydroxyl groups is 1. The van der Waals surface area contributed by atoms with E-state index in [0.717, 1.165) is 5.56 Å². The van der Waals surface area contributed by atoms with Crippen molar-refractivity contribution in [3.05, 3.63) is 71.4 Å². The zero-order valence-corrected chi connectivity index (χ0v) is 14.3. The van der Waals surface area contributed by atoms with Gasteiger partial charge in [0.1, 0.15) is 5.70 Å². The molecule has 0 aromatic heterocycles. The third-order valence-corrected chi connectivity index (χ3v) is 4.30. The van der Waals surface area contributed by atoms with Crippen LogP contribution in [-0.2, 0) is 9.59 Å². The van der Waals surface area contributed by atoms with Crippen LogP contribution in [0.25, 0.3) is 5.57 Å². The van der Waals surface area contributed by atoms with Crippen molar-refractivity contribution in [3.8, 4) is 0 Å². The van der Waals surface area contributed by atoms with E-state index in [1.165, 1.54) is 4.90 Å². The second kappa shape index (κ2) is 6.91. The molecule has 1 aliphatic heterocycles. The van der Waals surface area contributed by atoms with Crippen molar-refractivity contribution in [1.29, 1.82) is 0 Å². The summed E-state index contributed by atoms with van der Waals surface area (Å²) in [7, 11) is 1.71. The molecule has 0 bridgehead atoms. The van der Waals surface area contributed by atoms with E-state index < -0.39 is 0 Å². The highest BCUT2D eigenvalue weighted by atomic mass is 16.3. The SMILES string of the molecule is Cc1ccccc1N1C(=O)C(c2ccccc2)=C(N(C)CCO)C1=O. The number of carbonyl (C=O) groups excluding carboxylic acids is 2. The number of amides is 2. The number of rotatable bonds is 5. The van der Waals surface area contributed by atoms with Crippen LogP contribution in [0.2, 0.25) is 0 Å². The monoisotopic (exact) mass is 336 g/mol. The van der Waals surface area contributed by atoms with Gasteiger partial charge in [-0.05, 0) is 24.1 Å². The van der Waals surface area contributed by atoms with Gasteiger partial charge >= 0.3 is 0 Å². The Morgan fingerprint density at radius 1 is 0.960 bits per heavy atom. The number of aliphatic hydroxyl groups excluding tert-OH is 1. The van der Waals surface area contributed by atoms with Crippen molar-refractivity contribution in [2.45, 2.75) is 6.92 Å². The highest BCUT2D eigenvalue weighted by molar-refractivity contribution is 6.45. The molecule has 1 N–H and O–H groups in total. The lowest BCUT2D eigenvalue weighted by molar-refractivity contribution is -0.120. The summed E-state index contributed by atoms with van der Waals surface area (Å²) in [6, 6.07) is 16.5. The molecule has 0 radical (unpaired) electrons. The Bertz CT molecular complexity index is 843. The number of hydrogen-bond acceptors (Lipinski definition) is 4. The number of imide groups is 1. The van der Waals surface area contributed by atoms with Crippen molar-refractivity contribution in [2.24, 2.45) is 0 Å². The number of aryl methyl sites for hydroxylation is 1. The zero-order chi connectivity index (χ0) is 18.0. The average molecular weight is 336 g/mol. The quantitative estimate of drug-likeness (QED) is 0.851. The molecule has 0 saturated heterocycles. The molecule has 0 aliphatic carbocycles. The van der Waals surface area contributed by atoms with E-state index in [1.54, 1.807) is 24.1 Å². The lowest BCUT2D eigenvalue weighted by Crippen LogP contribution is -2.35. The standard InChI is InChI=1S/C20H20N2O3/c1-14-8-6-7-11-16(14)22-19(24)17(15-9-4-3-5-10-15)18(20(22)25)21(2)12-13-23/h3-11,23H,12-13H2,1-2H3. The highest BCUT2D eigenvalue weighted by Gasteiger charge is 2.41. The van der Waals surface area contributed by atoms with Gasteiger partial charge in [-0.1, -0.05) is 48.5 Å². The fraction of sp³-hybridized carbons (Fsp3) is 0.200.